The zero-order chi connectivity index (χ0) is 20.9. The Labute approximate surface area is 183 Å². The summed E-state index contributed by atoms with van der Waals surface area (Å²) in [7, 11) is 0. The van der Waals surface area contributed by atoms with Crippen molar-refractivity contribution in [3.63, 3.8) is 0 Å². The van der Waals surface area contributed by atoms with Gasteiger partial charge in [-0.3, -0.25) is 19.7 Å². The minimum atomic E-state index is -0.212. The molecule has 0 radical (unpaired) electrons. The maximum atomic E-state index is 12.9. The van der Waals surface area contributed by atoms with E-state index in [0.29, 0.717) is 36.7 Å². The molecule has 3 aromatic rings. The van der Waals surface area contributed by atoms with Gasteiger partial charge in [0.1, 0.15) is 11.4 Å². The lowest BCUT2D eigenvalue weighted by Gasteiger charge is -2.31. The standard InChI is InChI=1S/C22H22BrN5O2/c23-17-8-6-15(7-9-17)13-25-21(29)16-4-3-11-28(14-16)22(30)20-12-19(26-27-20)18-5-1-2-10-24-18/h1-2,5-10,12,16H,3-4,11,13-14H2,(H,25,29)(H,26,27). The number of hydrogen-bond donors (Lipinski definition) is 2. The molecular formula is C22H22BrN5O2. The summed E-state index contributed by atoms with van der Waals surface area (Å²) in [6.07, 6.45) is 3.26. The van der Waals surface area contributed by atoms with Crippen LogP contribution in [0.3, 0.4) is 0 Å². The molecule has 154 valence electrons. The predicted octanol–water partition coefficient (Wildman–Crippen LogP) is 3.40. The number of aromatic nitrogens is 3. The summed E-state index contributed by atoms with van der Waals surface area (Å²) in [5, 5.41) is 10.0. The van der Waals surface area contributed by atoms with Crippen molar-refractivity contribution in [1.82, 2.24) is 25.4 Å². The average Bonchev–Trinajstić information content (AvgIpc) is 3.29. The Balaban J connectivity index is 1.36. The van der Waals surface area contributed by atoms with Crippen LogP contribution in [0.5, 0.6) is 0 Å². The van der Waals surface area contributed by atoms with Gasteiger partial charge in [0.05, 0.1) is 11.6 Å². The highest BCUT2D eigenvalue weighted by Gasteiger charge is 2.29. The number of likely N-dealkylation sites (tertiary alicyclic amines) is 1. The Hall–Kier alpha value is -3.00. The van der Waals surface area contributed by atoms with E-state index < -0.39 is 0 Å². The van der Waals surface area contributed by atoms with Crippen LogP contribution < -0.4 is 5.32 Å². The van der Waals surface area contributed by atoms with E-state index in [0.717, 1.165) is 22.9 Å². The van der Waals surface area contributed by atoms with Crippen molar-refractivity contribution in [2.45, 2.75) is 19.4 Å². The Kier molecular flexibility index (Phi) is 6.23. The topological polar surface area (TPSA) is 91.0 Å². The van der Waals surface area contributed by atoms with Crippen molar-refractivity contribution in [3.8, 4) is 11.4 Å². The zero-order valence-electron chi connectivity index (χ0n) is 16.3. The Morgan fingerprint density at radius 3 is 2.77 bits per heavy atom. The number of benzene rings is 1. The van der Waals surface area contributed by atoms with Crippen LogP contribution in [0, 0.1) is 5.92 Å². The van der Waals surface area contributed by atoms with Crippen molar-refractivity contribution >= 4 is 27.7 Å². The SMILES string of the molecule is O=C(NCc1ccc(Br)cc1)C1CCCN(C(=O)c2cc(-c3ccccn3)n[nH]2)C1. The van der Waals surface area contributed by atoms with Crippen molar-refractivity contribution in [3.05, 3.63) is 70.5 Å². The van der Waals surface area contributed by atoms with Crippen molar-refractivity contribution in [2.75, 3.05) is 13.1 Å². The fraction of sp³-hybridized carbons (Fsp3) is 0.273. The molecule has 1 aliphatic rings. The number of amides is 2. The number of hydrogen-bond acceptors (Lipinski definition) is 4. The van der Waals surface area contributed by atoms with Crippen molar-refractivity contribution < 1.29 is 9.59 Å². The maximum Gasteiger partial charge on any atom is 0.271 e. The molecule has 0 saturated carbocycles. The molecule has 7 nitrogen and oxygen atoms in total. The van der Waals surface area contributed by atoms with E-state index in [1.807, 2.05) is 42.5 Å². The summed E-state index contributed by atoms with van der Waals surface area (Å²) in [6.45, 7) is 1.51. The van der Waals surface area contributed by atoms with Crippen LogP contribution in [-0.4, -0.2) is 45.0 Å². The summed E-state index contributed by atoms with van der Waals surface area (Å²) in [6, 6.07) is 15.1. The third kappa shape index (κ3) is 4.76. The van der Waals surface area contributed by atoms with E-state index in [9.17, 15) is 9.59 Å². The first kappa shape index (κ1) is 20.3. The molecule has 1 fully saturated rings. The molecule has 0 aliphatic carbocycles. The van der Waals surface area contributed by atoms with Gasteiger partial charge in [-0.05, 0) is 48.7 Å². The molecule has 1 atom stereocenters. The first-order valence-electron chi connectivity index (χ1n) is 9.88. The van der Waals surface area contributed by atoms with Gasteiger partial charge in [-0.25, -0.2) is 0 Å². The number of pyridine rings is 1. The number of halogens is 1. The van der Waals surface area contributed by atoms with Crippen molar-refractivity contribution in [1.29, 1.82) is 0 Å². The molecule has 8 heteroatoms. The van der Waals surface area contributed by atoms with Crippen LogP contribution in [0.15, 0.2) is 59.2 Å². The Morgan fingerprint density at radius 2 is 2.00 bits per heavy atom. The first-order valence-corrected chi connectivity index (χ1v) is 10.7. The van der Waals surface area contributed by atoms with E-state index in [-0.39, 0.29) is 17.7 Å². The fourth-order valence-corrected chi connectivity index (χ4v) is 3.82. The van der Waals surface area contributed by atoms with Crippen LogP contribution in [0.1, 0.15) is 28.9 Å². The minimum Gasteiger partial charge on any atom is -0.352 e. The molecule has 0 bridgehead atoms. The third-order valence-corrected chi connectivity index (χ3v) is 5.72. The number of nitrogens with one attached hydrogen (secondary N) is 2. The summed E-state index contributed by atoms with van der Waals surface area (Å²) >= 11 is 3.41. The second kappa shape index (κ2) is 9.21. The van der Waals surface area contributed by atoms with Gasteiger partial charge < -0.3 is 10.2 Å². The summed E-state index contributed by atoms with van der Waals surface area (Å²) in [5.41, 5.74) is 2.78. The summed E-state index contributed by atoms with van der Waals surface area (Å²) in [5.74, 6) is -0.374. The quantitative estimate of drug-likeness (QED) is 0.601. The second-order valence-corrected chi connectivity index (χ2v) is 8.23. The normalized spacial score (nSPS) is 16.3. The summed E-state index contributed by atoms with van der Waals surface area (Å²) < 4.78 is 1.00. The number of aromatic amines is 1. The van der Waals surface area contributed by atoms with Crippen molar-refractivity contribution in [2.24, 2.45) is 5.92 Å². The number of rotatable bonds is 5. The van der Waals surface area contributed by atoms with E-state index in [1.54, 1.807) is 17.2 Å². The monoisotopic (exact) mass is 467 g/mol. The fourth-order valence-electron chi connectivity index (χ4n) is 3.56. The number of carbonyl (C=O) groups excluding carboxylic acids is 2. The molecule has 2 amide bonds. The maximum absolute atomic E-state index is 12.9. The first-order chi connectivity index (χ1) is 14.6. The lowest BCUT2D eigenvalue weighted by Crippen LogP contribution is -2.45. The molecule has 1 aliphatic heterocycles. The Morgan fingerprint density at radius 1 is 1.17 bits per heavy atom. The third-order valence-electron chi connectivity index (χ3n) is 5.19. The molecular weight excluding hydrogens is 446 g/mol. The van der Waals surface area contributed by atoms with E-state index in [2.05, 4.69) is 36.4 Å². The predicted molar refractivity (Wildman–Crippen MR) is 116 cm³/mol. The van der Waals surface area contributed by atoms with Gasteiger partial charge in [0.15, 0.2) is 0 Å². The van der Waals surface area contributed by atoms with Gasteiger partial charge >= 0.3 is 0 Å². The highest BCUT2D eigenvalue weighted by atomic mass is 79.9. The van der Waals surface area contributed by atoms with Crippen LogP contribution in [0.4, 0.5) is 0 Å². The lowest BCUT2D eigenvalue weighted by atomic mass is 9.96. The molecule has 1 unspecified atom stereocenters. The summed E-state index contributed by atoms with van der Waals surface area (Å²) in [4.78, 5) is 31.5. The molecule has 2 aromatic heterocycles. The zero-order valence-corrected chi connectivity index (χ0v) is 17.9. The highest BCUT2D eigenvalue weighted by molar-refractivity contribution is 9.10. The highest BCUT2D eigenvalue weighted by Crippen LogP contribution is 2.21. The Bertz CT molecular complexity index is 1020. The molecule has 30 heavy (non-hydrogen) atoms. The largest absolute Gasteiger partial charge is 0.352 e. The van der Waals surface area contributed by atoms with Gasteiger partial charge in [-0.15, -0.1) is 0 Å². The van der Waals surface area contributed by atoms with Gasteiger partial charge in [0.25, 0.3) is 5.91 Å². The van der Waals surface area contributed by atoms with Crippen LogP contribution >= 0.6 is 15.9 Å². The molecule has 1 saturated heterocycles. The van der Waals surface area contributed by atoms with Gasteiger partial charge in [-0.1, -0.05) is 34.1 Å². The molecule has 3 heterocycles. The number of piperidine rings is 1. The molecule has 4 rings (SSSR count). The van der Waals surface area contributed by atoms with Gasteiger partial charge in [0, 0.05) is 30.3 Å². The average molecular weight is 468 g/mol. The second-order valence-electron chi connectivity index (χ2n) is 7.32. The van der Waals surface area contributed by atoms with Crippen LogP contribution in [0.2, 0.25) is 0 Å². The number of carbonyl (C=O) groups is 2. The van der Waals surface area contributed by atoms with E-state index in [4.69, 9.17) is 0 Å². The molecule has 2 N–H and O–H groups in total. The van der Waals surface area contributed by atoms with E-state index >= 15 is 0 Å². The minimum absolute atomic E-state index is 0.0193. The van der Waals surface area contributed by atoms with E-state index in [1.165, 1.54) is 0 Å². The smallest absolute Gasteiger partial charge is 0.271 e. The van der Waals surface area contributed by atoms with Gasteiger partial charge in [-0.2, -0.15) is 5.10 Å². The molecule has 0 spiro atoms. The van der Waals surface area contributed by atoms with Crippen LogP contribution in [0.25, 0.3) is 11.4 Å². The van der Waals surface area contributed by atoms with Gasteiger partial charge in [0.2, 0.25) is 5.91 Å². The lowest BCUT2D eigenvalue weighted by molar-refractivity contribution is -0.126. The van der Waals surface area contributed by atoms with Crippen LogP contribution in [-0.2, 0) is 11.3 Å². The number of H-pyrrole nitrogens is 1. The number of nitrogens with zero attached hydrogens (tertiary/aromatic N) is 3. The molecule has 1 aromatic carbocycles.